The highest BCUT2D eigenvalue weighted by molar-refractivity contribution is 8.01. The van der Waals surface area contributed by atoms with E-state index in [0.717, 1.165) is 4.90 Å². The maximum atomic E-state index is 11.9. The average molecular weight is 315 g/mol. The van der Waals surface area contributed by atoms with Gasteiger partial charge in [0.2, 0.25) is 11.8 Å². The van der Waals surface area contributed by atoms with Crippen LogP contribution in [0.25, 0.3) is 0 Å². The number of aliphatic hydroxyl groups excluding tert-OH is 1. The van der Waals surface area contributed by atoms with Crippen molar-refractivity contribution in [2.24, 2.45) is 0 Å². The molecule has 2 amide bonds. The van der Waals surface area contributed by atoms with E-state index in [2.05, 4.69) is 10.6 Å². The number of hydrogen-bond donors (Lipinski definition) is 3. The number of fused-ring (bicyclic) bond motifs is 1. The van der Waals surface area contributed by atoms with Gasteiger partial charge in [-0.05, 0) is 25.1 Å². The SMILES string of the molecule is CC(O)CNC(=O)CC1Sc2ccc(Cl)cc2NC1=O. The van der Waals surface area contributed by atoms with Gasteiger partial charge in [-0.25, -0.2) is 0 Å². The minimum atomic E-state index is -0.602. The third-order valence-corrected chi connectivity index (χ3v) is 4.24. The normalized spacial score (nSPS) is 18.9. The number of halogens is 1. The van der Waals surface area contributed by atoms with Crippen molar-refractivity contribution < 1.29 is 14.7 Å². The molecule has 0 saturated heterocycles. The Morgan fingerprint density at radius 1 is 1.60 bits per heavy atom. The van der Waals surface area contributed by atoms with E-state index in [1.54, 1.807) is 19.1 Å². The largest absolute Gasteiger partial charge is 0.392 e. The number of hydrogen-bond acceptors (Lipinski definition) is 4. The Morgan fingerprint density at radius 2 is 2.35 bits per heavy atom. The van der Waals surface area contributed by atoms with Crippen LogP contribution >= 0.6 is 23.4 Å². The summed E-state index contributed by atoms with van der Waals surface area (Å²) < 4.78 is 0. The molecule has 1 aromatic carbocycles. The molecule has 0 spiro atoms. The molecular weight excluding hydrogens is 300 g/mol. The predicted molar refractivity (Wildman–Crippen MR) is 79.0 cm³/mol. The number of anilines is 1. The third kappa shape index (κ3) is 3.88. The summed E-state index contributed by atoms with van der Waals surface area (Å²) in [7, 11) is 0. The van der Waals surface area contributed by atoms with Gasteiger partial charge in [0.25, 0.3) is 0 Å². The van der Waals surface area contributed by atoms with Crippen molar-refractivity contribution in [3.8, 4) is 0 Å². The zero-order chi connectivity index (χ0) is 14.7. The molecule has 0 fully saturated rings. The molecule has 2 unspecified atom stereocenters. The van der Waals surface area contributed by atoms with E-state index in [-0.39, 0.29) is 24.8 Å². The first-order chi connectivity index (χ1) is 9.45. The van der Waals surface area contributed by atoms with Gasteiger partial charge in [0, 0.05) is 22.9 Å². The van der Waals surface area contributed by atoms with E-state index in [4.69, 9.17) is 16.7 Å². The molecule has 1 aliphatic rings. The van der Waals surface area contributed by atoms with Crippen molar-refractivity contribution in [1.29, 1.82) is 0 Å². The molecule has 3 N–H and O–H groups in total. The second-order valence-electron chi connectivity index (χ2n) is 4.59. The summed E-state index contributed by atoms with van der Waals surface area (Å²) in [5.74, 6) is -0.465. The highest BCUT2D eigenvalue weighted by Crippen LogP contribution is 2.38. The fourth-order valence-electron chi connectivity index (χ4n) is 1.76. The molecule has 0 aromatic heterocycles. The Hall–Kier alpha value is -1.24. The van der Waals surface area contributed by atoms with Crippen molar-refractivity contribution in [3.05, 3.63) is 23.2 Å². The Bertz CT molecular complexity index is 536. The van der Waals surface area contributed by atoms with Gasteiger partial charge in [-0.3, -0.25) is 9.59 Å². The molecule has 108 valence electrons. The summed E-state index contributed by atoms with van der Waals surface area (Å²) in [5.41, 5.74) is 0.674. The second kappa shape index (κ2) is 6.47. The van der Waals surface area contributed by atoms with Crippen LogP contribution in [-0.4, -0.2) is 34.8 Å². The van der Waals surface area contributed by atoms with E-state index >= 15 is 0 Å². The van der Waals surface area contributed by atoms with Crippen molar-refractivity contribution in [3.63, 3.8) is 0 Å². The van der Waals surface area contributed by atoms with Crippen LogP contribution < -0.4 is 10.6 Å². The predicted octanol–water partition coefficient (Wildman–Crippen LogP) is 1.64. The van der Waals surface area contributed by atoms with Gasteiger partial charge < -0.3 is 15.7 Å². The lowest BCUT2D eigenvalue weighted by Crippen LogP contribution is -2.37. The fraction of sp³-hybridized carbons (Fsp3) is 0.385. The Kier molecular flexibility index (Phi) is 4.91. The highest BCUT2D eigenvalue weighted by atomic mass is 35.5. The summed E-state index contributed by atoms with van der Waals surface area (Å²) in [6.07, 6.45) is -0.527. The van der Waals surface area contributed by atoms with Crippen molar-refractivity contribution in [2.45, 2.75) is 29.6 Å². The summed E-state index contributed by atoms with van der Waals surface area (Å²) >= 11 is 7.21. The van der Waals surface area contributed by atoms with Crippen LogP contribution in [0, 0.1) is 0 Å². The summed E-state index contributed by atoms with van der Waals surface area (Å²) in [6.45, 7) is 1.77. The molecule has 20 heavy (non-hydrogen) atoms. The molecule has 0 aliphatic carbocycles. The van der Waals surface area contributed by atoms with E-state index in [1.807, 2.05) is 6.07 Å². The Morgan fingerprint density at radius 3 is 3.05 bits per heavy atom. The topological polar surface area (TPSA) is 78.4 Å². The summed E-state index contributed by atoms with van der Waals surface area (Å²) in [4.78, 5) is 24.5. The number of benzene rings is 1. The van der Waals surface area contributed by atoms with Crippen LogP contribution in [0.5, 0.6) is 0 Å². The molecule has 1 aromatic rings. The lowest BCUT2D eigenvalue weighted by molar-refractivity contribution is -0.124. The van der Waals surface area contributed by atoms with Crippen LogP contribution in [0.4, 0.5) is 5.69 Å². The van der Waals surface area contributed by atoms with Crippen molar-refractivity contribution >= 4 is 40.9 Å². The molecule has 2 rings (SSSR count). The Balaban J connectivity index is 1.99. The third-order valence-electron chi connectivity index (χ3n) is 2.73. The summed E-state index contributed by atoms with van der Waals surface area (Å²) in [5, 5.41) is 14.5. The number of rotatable bonds is 4. The maximum Gasteiger partial charge on any atom is 0.238 e. The first-order valence-electron chi connectivity index (χ1n) is 6.17. The van der Waals surface area contributed by atoms with Gasteiger partial charge in [-0.15, -0.1) is 11.8 Å². The number of aliphatic hydroxyl groups is 1. The highest BCUT2D eigenvalue weighted by Gasteiger charge is 2.29. The van der Waals surface area contributed by atoms with Crippen LogP contribution in [0.1, 0.15) is 13.3 Å². The molecule has 7 heteroatoms. The lowest BCUT2D eigenvalue weighted by atomic mass is 10.2. The molecule has 1 aliphatic heterocycles. The van der Waals surface area contributed by atoms with Crippen LogP contribution in [0.2, 0.25) is 5.02 Å². The first kappa shape index (κ1) is 15.2. The average Bonchev–Trinajstić information content (AvgIpc) is 2.37. The minimum absolute atomic E-state index is 0.0747. The fourth-order valence-corrected chi connectivity index (χ4v) is 3.02. The zero-order valence-electron chi connectivity index (χ0n) is 10.9. The van der Waals surface area contributed by atoms with E-state index in [9.17, 15) is 9.59 Å². The minimum Gasteiger partial charge on any atom is -0.392 e. The van der Waals surface area contributed by atoms with E-state index < -0.39 is 11.4 Å². The first-order valence-corrected chi connectivity index (χ1v) is 7.43. The number of nitrogens with one attached hydrogen (secondary N) is 2. The Labute approximate surface area is 126 Å². The molecule has 0 radical (unpaired) electrons. The smallest absolute Gasteiger partial charge is 0.238 e. The monoisotopic (exact) mass is 314 g/mol. The molecule has 5 nitrogen and oxygen atoms in total. The number of carbonyl (C=O) groups excluding carboxylic acids is 2. The van der Waals surface area contributed by atoms with Gasteiger partial charge >= 0.3 is 0 Å². The number of thioether (sulfide) groups is 1. The van der Waals surface area contributed by atoms with Gasteiger partial charge in [-0.1, -0.05) is 11.6 Å². The van der Waals surface area contributed by atoms with Crippen LogP contribution in [0.3, 0.4) is 0 Å². The van der Waals surface area contributed by atoms with Gasteiger partial charge in [0.1, 0.15) is 0 Å². The second-order valence-corrected chi connectivity index (χ2v) is 6.27. The molecule has 0 bridgehead atoms. The van der Waals surface area contributed by atoms with Crippen molar-refractivity contribution in [1.82, 2.24) is 5.32 Å². The number of carbonyl (C=O) groups is 2. The summed E-state index contributed by atoms with van der Waals surface area (Å²) in [6, 6.07) is 5.25. The van der Waals surface area contributed by atoms with Crippen molar-refractivity contribution in [2.75, 3.05) is 11.9 Å². The standard InChI is InChI=1S/C13H15ClN2O3S/c1-7(17)6-15-12(18)5-11-13(19)16-9-4-8(14)2-3-10(9)20-11/h2-4,7,11,17H,5-6H2,1H3,(H,15,18)(H,16,19). The molecule has 0 saturated carbocycles. The van der Waals surface area contributed by atoms with E-state index in [0.29, 0.717) is 10.7 Å². The molecule has 1 heterocycles. The zero-order valence-corrected chi connectivity index (χ0v) is 12.4. The molecular formula is C13H15ClN2O3S. The van der Waals surface area contributed by atoms with Crippen LogP contribution in [0.15, 0.2) is 23.1 Å². The number of amides is 2. The lowest BCUT2D eigenvalue weighted by Gasteiger charge is -2.23. The van der Waals surface area contributed by atoms with Gasteiger partial charge in [0.15, 0.2) is 0 Å². The maximum absolute atomic E-state index is 11.9. The molecule has 2 atom stereocenters. The van der Waals surface area contributed by atoms with Gasteiger partial charge in [-0.2, -0.15) is 0 Å². The van der Waals surface area contributed by atoms with Gasteiger partial charge in [0.05, 0.1) is 17.0 Å². The van der Waals surface area contributed by atoms with E-state index in [1.165, 1.54) is 11.8 Å². The quantitative estimate of drug-likeness (QED) is 0.789. The van der Waals surface area contributed by atoms with Crippen LogP contribution in [-0.2, 0) is 9.59 Å².